The van der Waals surface area contributed by atoms with Crippen molar-refractivity contribution in [1.29, 1.82) is 0 Å². The van der Waals surface area contributed by atoms with Gasteiger partial charge in [-0.05, 0) is 30.5 Å². The molecule has 9 heteroatoms. The van der Waals surface area contributed by atoms with Crippen molar-refractivity contribution in [2.24, 2.45) is 0 Å². The first-order chi connectivity index (χ1) is 11.9. The van der Waals surface area contributed by atoms with Crippen LogP contribution in [-0.4, -0.2) is 30.2 Å². The van der Waals surface area contributed by atoms with Gasteiger partial charge in [0.15, 0.2) is 11.6 Å². The summed E-state index contributed by atoms with van der Waals surface area (Å²) in [6.45, 7) is 0.0330. The third kappa shape index (κ3) is 4.90. The molecule has 0 aliphatic heterocycles. The van der Waals surface area contributed by atoms with E-state index in [0.29, 0.717) is 4.90 Å². The summed E-state index contributed by atoms with van der Waals surface area (Å²) in [7, 11) is 0. The molecular weight excluding hydrogens is 354 g/mol. The Kier molecular flexibility index (Phi) is 6.29. The molecular formula is C16H14F2N2O4S. The van der Waals surface area contributed by atoms with Crippen molar-refractivity contribution >= 4 is 23.4 Å². The van der Waals surface area contributed by atoms with E-state index in [1.54, 1.807) is 12.3 Å². The van der Waals surface area contributed by atoms with Crippen LogP contribution in [0.3, 0.4) is 0 Å². The molecule has 25 heavy (non-hydrogen) atoms. The molecule has 2 aromatic rings. The Balaban J connectivity index is 1.96. The van der Waals surface area contributed by atoms with Gasteiger partial charge < -0.3 is 10.1 Å². The molecule has 0 heterocycles. The van der Waals surface area contributed by atoms with Crippen LogP contribution in [0.15, 0.2) is 41.3 Å². The standard InChI is InChI=1S/C16H14F2N2O4S/c1-25-11-3-5-15(20(22)23)12(9-11)16(21)19-6-7-24-10-2-4-13(17)14(18)8-10/h2-5,8-9H,6-7H2,1H3,(H,19,21). The predicted molar refractivity (Wildman–Crippen MR) is 89.1 cm³/mol. The lowest BCUT2D eigenvalue weighted by Gasteiger charge is -2.09. The second-order valence-electron chi connectivity index (χ2n) is 4.82. The van der Waals surface area contributed by atoms with E-state index in [2.05, 4.69) is 5.32 Å². The van der Waals surface area contributed by atoms with E-state index in [1.165, 1.54) is 30.0 Å². The van der Waals surface area contributed by atoms with Gasteiger partial charge in [-0.1, -0.05) is 0 Å². The Morgan fingerprint density at radius 1 is 1.24 bits per heavy atom. The lowest BCUT2D eigenvalue weighted by atomic mass is 10.1. The molecule has 0 spiro atoms. The average Bonchev–Trinajstić information content (AvgIpc) is 2.60. The van der Waals surface area contributed by atoms with Crippen molar-refractivity contribution in [1.82, 2.24) is 5.32 Å². The maximum Gasteiger partial charge on any atom is 0.282 e. The first-order valence-electron chi connectivity index (χ1n) is 7.11. The molecule has 0 fully saturated rings. The summed E-state index contributed by atoms with van der Waals surface area (Å²) in [6.07, 6.45) is 1.79. The molecule has 2 rings (SSSR count). The molecule has 0 aromatic heterocycles. The minimum absolute atomic E-state index is 0.00711. The van der Waals surface area contributed by atoms with Crippen LogP contribution in [0.4, 0.5) is 14.5 Å². The lowest BCUT2D eigenvalue weighted by Crippen LogP contribution is -2.28. The number of carbonyl (C=O) groups excluding carboxylic acids is 1. The first kappa shape index (κ1) is 18.7. The summed E-state index contributed by atoms with van der Waals surface area (Å²) in [5.74, 6) is -2.52. The quantitative estimate of drug-likeness (QED) is 0.351. The van der Waals surface area contributed by atoms with Crippen LogP contribution in [0.1, 0.15) is 10.4 Å². The Hall–Kier alpha value is -2.68. The average molecular weight is 368 g/mol. The smallest absolute Gasteiger partial charge is 0.282 e. The number of rotatable bonds is 7. The highest BCUT2D eigenvalue weighted by molar-refractivity contribution is 7.98. The van der Waals surface area contributed by atoms with Gasteiger partial charge in [0.25, 0.3) is 11.6 Å². The zero-order valence-corrected chi connectivity index (χ0v) is 13.9. The number of ether oxygens (including phenoxy) is 1. The summed E-state index contributed by atoms with van der Waals surface area (Å²) in [5.41, 5.74) is -0.346. The van der Waals surface area contributed by atoms with Crippen molar-refractivity contribution in [2.45, 2.75) is 4.90 Å². The molecule has 0 aliphatic rings. The normalized spacial score (nSPS) is 10.4. The summed E-state index contributed by atoms with van der Waals surface area (Å²) in [6, 6.07) is 7.36. The van der Waals surface area contributed by atoms with Gasteiger partial charge >= 0.3 is 0 Å². The van der Waals surface area contributed by atoms with Crippen molar-refractivity contribution < 1.29 is 23.2 Å². The van der Waals surface area contributed by atoms with Gasteiger partial charge in [0.05, 0.1) is 11.5 Å². The zero-order chi connectivity index (χ0) is 18.4. The Bertz CT molecular complexity index is 802. The number of nitrogens with zero attached hydrogens (tertiary/aromatic N) is 1. The molecule has 0 saturated heterocycles. The third-order valence-electron chi connectivity index (χ3n) is 3.19. The minimum atomic E-state index is -1.04. The second kappa shape index (κ2) is 8.43. The van der Waals surface area contributed by atoms with E-state index in [0.717, 1.165) is 12.1 Å². The summed E-state index contributed by atoms with van der Waals surface area (Å²) >= 11 is 1.36. The number of nitro benzene ring substituents is 1. The van der Waals surface area contributed by atoms with E-state index in [-0.39, 0.29) is 30.2 Å². The highest BCUT2D eigenvalue weighted by Crippen LogP contribution is 2.24. The minimum Gasteiger partial charge on any atom is -0.492 e. The Morgan fingerprint density at radius 3 is 2.64 bits per heavy atom. The van der Waals surface area contributed by atoms with E-state index < -0.39 is 22.5 Å². The van der Waals surface area contributed by atoms with E-state index in [9.17, 15) is 23.7 Å². The van der Waals surface area contributed by atoms with Crippen LogP contribution in [0.25, 0.3) is 0 Å². The van der Waals surface area contributed by atoms with Gasteiger partial charge in [-0.3, -0.25) is 14.9 Å². The fraction of sp³-hybridized carbons (Fsp3) is 0.188. The molecule has 2 aromatic carbocycles. The van der Waals surface area contributed by atoms with Crippen LogP contribution in [-0.2, 0) is 0 Å². The van der Waals surface area contributed by atoms with Crippen molar-refractivity contribution in [3.05, 3.63) is 63.7 Å². The number of halogens is 2. The molecule has 0 bridgehead atoms. The number of nitro groups is 1. The van der Waals surface area contributed by atoms with E-state index >= 15 is 0 Å². The largest absolute Gasteiger partial charge is 0.492 e. The molecule has 1 amide bonds. The molecule has 1 N–H and O–H groups in total. The maximum atomic E-state index is 13.0. The van der Waals surface area contributed by atoms with Gasteiger partial charge in [0.1, 0.15) is 17.9 Å². The van der Waals surface area contributed by atoms with Crippen LogP contribution >= 0.6 is 11.8 Å². The van der Waals surface area contributed by atoms with E-state index in [4.69, 9.17) is 4.74 Å². The van der Waals surface area contributed by atoms with Crippen LogP contribution in [0.5, 0.6) is 5.75 Å². The lowest BCUT2D eigenvalue weighted by molar-refractivity contribution is -0.385. The highest BCUT2D eigenvalue weighted by Gasteiger charge is 2.20. The maximum absolute atomic E-state index is 13.0. The second-order valence-corrected chi connectivity index (χ2v) is 5.70. The van der Waals surface area contributed by atoms with Crippen LogP contribution < -0.4 is 10.1 Å². The Morgan fingerprint density at radius 2 is 2.00 bits per heavy atom. The molecule has 0 atom stereocenters. The number of carbonyl (C=O) groups is 1. The molecule has 0 saturated carbocycles. The molecule has 0 unspecified atom stereocenters. The number of nitrogens with one attached hydrogen (secondary N) is 1. The monoisotopic (exact) mass is 368 g/mol. The fourth-order valence-corrected chi connectivity index (χ4v) is 2.42. The van der Waals surface area contributed by atoms with Gasteiger partial charge in [0.2, 0.25) is 0 Å². The SMILES string of the molecule is CSc1ccc([N+](=O)[O-])c(C(=O)NCCOc2ccc(F)c(F)c2)c1. The summed E-state index contributed by atoms with van der Waals surface area (Å²) in [5, 5.41) is 13.5. The number of benzene rings is 2. The van der Waals surface area contributed by atoms with Gasteiger partial charge in [0, 0.05) is 17.0 Å². The van der Waals surface area contributed by atoms with Crippen molar-refractivity contribution in [3.63, 3.8) is 0 Å². The van der Waals surface area contributed by atoms with Crippen molar-refractivity contribution in [3.8, 4) is 5.75 Å². The molecule has 6 nitrogen and oxygen atoms in total. The van der Waals surface area contributed by atoms with Crippen LogP contribution in [0.2, 0.25) is 0 Å². The topological polar surface area (TPSA) is 81.5 Å². The molecule has 0 radical (unpaired) electrons. The van der Waals surface area contributed by atoms with Gasteiger partial charge in [-0.15, -0.1) is 11.8 Å². The first-order valence-corrected chi connectivity index (χ1v) is 8.33. The number of thioether (sulfide) groups is 1. The van der Waals surface area contributed by atoms with Crippen LogP contribution in [0, 0.1) is 21.7 Å². The summed E-state index contributed by atoms with van der Waals surface area (Å²) < 4.78 is 31.0. The van der Waals surface area contributed by atoms with E-state index in [1.807, 2.05) is 0 Å². The van der Waals surface area contributed by atoms with Crippen molar-refractivity contribution in [2.75, 3.05) is 19.4 Å². The molecule has 0 aliphatic carbocycles. The summed E-state index contributed by atoms with van der Waals surface area (Å²) in [4.78, 5) is 23.3. The van der Waals surface area contributed by atoms with Gasteiger partial charge in [-0.2, -0.15) is 0 Å². The Labute approximate surface area is 146 Å². The highest BCUT2D eigenvalue weighted by atomic mass is 32.2. The number of hydrogen-bond donors (Lipinski definition) is 1. The molecule has 132 valence electrons. The third-order valence-corrected chi connectivity index (χ3v) is 3.92. The van der Waals surface area contributed by atoms with Gasteiger partial charge in [-0.25, -0.2) is 8.78 Å². The zero-order valence-electron chi connectivity index (χ0n) is 13.1. The number of amides is 1. The fourth-order valence-electron chi connectivity index (χ4n) is 1.98. The predicted octanol–water partition coefficient (Wildman–Crippen LogP) is 3.40. The number of hydrogen-bond acceptors (Lipinski definition) is 5.